The molecule has 0 amide bonds. The molecule has 5 heteroatoms. The molecule has 0 unspecified atom stereocenters. The first-order valence-corrected chi connectivity index (χ1v) is 5.54. The third-order valence-electron chi connectivity index (χ3n) is 2.19. The quantitative estimate of drug-likeness (QED) is 0.819. The molecule has 0 spiro atoms. The van der Waals surface area contributed by atoms with Gasteiger partial charge in [-0.2, -0.15) is 0 Å². The first kappa shape index (κ1) is 11.3. The van der Waals surface area contributed by atoms with Gasteiger partial charge in [-0.15, -0.1) is 11.3 Å². The maximum Gasteiger partial charge on any atom is 0.335 e. The van der Waals surface area contributed by atoms with Gasteiger partial charge in [0.05, 0.1) is 10.4 Å². The van der Waals surface area contributed by atoms with E-state index in [1.54, 1.807) is 12.1 Å². The number of aldehydes is 1. The normalized spacial score (nSPS) is 10.1. The van der Waals surface area contributed by atoms with Gasteiger partial charge in [-0.05, 0) is 35.9 Å². The minimum absolute atomic E-state index is 0.0149. The van der Waals surface area contributed by atoms with Crippen LogP contribution in [-0.2, 0) is 0 Å². The van der Waals surface area contributed by atoms with Gasteiger partial charge in [0.15, 0.2) is 6.29 Å². The summed E-state index contributed by atoms with van der Waals surface area (Å²) in [6.07, 6.45) is 0.731. The molecule has 0 saturated carbocycles. The molecule has 17 heavy (non-hydrogen) atoms. The average Bonchev–Trinajstić information content (AvgIpc) is 2.76. The molecule has 1 aromatic carbocycles. The Bertz CT molecular complexity index is 586. The summed E-state index contributed by atoms with van der Waals surface area (Å²) in [4.78, 5) is 22.7. The number of hydrogen-bond donors (Lipinski definition) is 2. The van der Waals surface area contributed by atoms with Gasteiger partial charge in [0, 0.05) is 4.88 Å². The number of hydrogen-bond acceptors (Lipinski definition) is 4. The van der Waals surface area contributed by atoms with Crippen molar-refractivity contribution in [3.8, 4) is 16.2 Å². The SMILES string of the molecule is O=Cc1ccc(-c2cc(O)cc(C(=O)O)c2)s1. The lowest BCUT2D eigenvalue weighted by Gasteiger charge is -2.01. The number of carboxylic acid groups (broad SMARTS) is 1. The van der Waals surface area contributed by atoms with Gasteiger partial charge in [-0.1, -0.05) is 0 Å². The van der Waals surface area contributed by atoms with Crippen molar-refractivity contribution >= 4 is 23.6 Å². The minimum Gasteiger partial charge on any atom is -0.508 e. The fourth-order valence-electron chi connectivity index (χ4n) is 1.45. The van der Waals surface area contributed by atoms with Crippen LogP contribution in [0, 0.1) is 0 Å². The Kier molecular flexibility index (Phi) is 2.93. The Balaban J connectivity index is 2.51. The van der Waals surface area contributed by atoms with Gasteiger partial charge < -0.3 is 10.2 Å². The van der Waals surface area contributed by atoms with Crippen LogP contribution in [0.15, 0.2) is 30.3 Å². The highest BCUT2D eigenvalue weighted by atomic mass is 32.1. The van der Waals surface area contributed by atoms with Crippen molar-refractivity contribution in [3.63, 3.8) is 0 Å². The van der Waals surface area contributed by atoms with E-state index in [9.17, 15) is 14.7 Å². The van der Waals surface area contributed by atoms with Crippen molar-refractivity contribution < 1.29 is 19.8 Å². The highest BCUT2D eigenvalue weighted by Crippen LogP contribution is 2.30. The Morgan fingerprint density at radius 1 is 1.24 bits per heavy atom. The third-order valence-corrected chi connectivity index (χ3v) is 3.25. The molecule has 86 valence electrons. The second kappa shape index (κ2) is 4.39. The molecule has 0 bridgehead atoms. The van der Waals surface area contributed by atoms with Crippen molar-refractivity contribution in [1.29, 1.82) is 0 Å². The zero-order valence-electron chi connectivity index (χ0n) is 8.58. The molecule has 0 atom stereocenters. The highest BCUT2D eigenvalue weighted by Gasteiger charge is 2.09. The second-order valence-corrected chi connectivity index (χ2v) is 4.51. The van der Waals surface area contributed by atoms with E-state index in [1.807, 2.05) is 0 Å². The minimum atomic E-state index is -1.10. The predicted molar refractivity (Wildman–Crippen MR) is 63.8 cm³/mol. The number of carbonyl (C=O) groups excluding carboxylic acids is 1. The van der Waals surface area contributed by atoms with E-state index in [4.69, 9.17) is 5.11 Å². The van der Waals surface area contributed by atoms with Crippen LogP contribution < -0.4 is 0 Å². The lowest BCUT2D eigenvalue weighted by atomic mass is 10.1. The maximum atomic E-state index is 10.8. The number of carboxylic acids is 1. The van der Waals surface area contributed by atoms with Crippen LogP contribution in [0.5, 0.6) is 5.75 Å². The molecule has 1 heterocycles. The predicted octanol–water partition coefficient (Wildman–Crippen LogP) is 2.63. The number of benzene rings is 1. The van der Waals surface area contributed by atoms with Crippen molar-refractivity contribution in [2.24, 2.45) is 0 Å². The summed E-state index contributed by atoms with van der Waals surface area (Å²) >= 11 is 1.24. The Morgan fingerprint density at radius 2 is 2.00 bits per heavy atom. The topological polar surface area (TPSA) is 74.6 Å². The van der Waals surface area contributed by atoms with Crippen LogP contribution in [0.1, 0.15) is 20.0 Å². The first-order valence-electron chi connectivity index (χ1n) is 4.73. The summed E-state index contributed by atoms with van der Waals surface area (Å²) in [7, 11) is 0. The van der Waals surface area contributed by atoms with Crippen LogP contribution in [0.3, 0.4) is 0 Å². The van der Waals surface area contributed by atoms with E-state index in [0.29, 0.717) is 10.4 Å². The van der Waals surface area contributed by atoms with E-state index in [-0.39, 0.29) is 11.3 Å². The molecule has 0 aliphatic rings. The van der Waals surface area contributed by atoms with Gasteiger partial charge in [0.25, 0.3) is 0 Å². The summed E-state index contributed by atoms with van der Waals surface area (Å²) in [5.41, 5.74) is 0.599. The van der Waals surface area contributed by atoms with Gasteiger partial charge in [-0.25, -0.2) is 4.79 Å². The molecule has 0 fully saturated rings. The van der Waals surface area contributed by atoms with E-state index in [1.165, 1.54) is 29.5 Å². The maximum absolute atomic E-state index is 10.8. The fraction of sp³-hybridized carbons (Fsp3) is 0. The van der Waals surface area contributed by atoms with Crippen molar-refractivity contribution in [3.05, 3.63) is 40.8 Å². The third kappa shape index (κ3) is 2.34. The average molecular weight is 248 g/mol. The van der Waals surface area contributed by atoms with Crippen LogP contribution in [0.2, 0.25) is 0 Å². The molecular weight excluding hydrogens is 240 g/mol. The number of carbonyl (C=O) groups is 2. The molecular formula is C12H8O4S. The molecule has 0 aliphatic heterocycles. The monoisotopic (exact) mass is 248 g/mol. The van der Waals surface area contributed by atoms with Crippen molar-refractivity contribution in [2.75, 3.05) is 0 Å². The zero-order valence-corrected chi connectivity index (χ0v) is 9.40. The lowest BCUT2D eigenvalue weighted by Crippen LogP contribution is -1.95. The zero-order chi connectivity index (χ0) is 12.4. The molecule has 0 radical (unpaired) electrons. The molecule has 0 aliphatic carbocycles. The van der Waals surface area contributed by atoms with Gasteiger partial charge in [0.1, 0.15) is 5.75 Å². The Morgan fingerprint density at radius 3 is 2.59 bits per heavy atom. The van der Waals surface area contributed by atoms with E-state index in [2.05, 4.69) is 0 Å². The Hall–Kier alpha value is -2.14. The number of aromatic carboxylic acids is 1. The van der Waals surface area contributed by atoms with Crippen LogP contribution in [-0.4, -0.2) is 22.5 Å². The number of aromatic hydroxyl groups is 1. The summed E-state index contributed by atoms with van der Waals surface area (Å²) in [6, 6.07) is 7.47. The molecule has 2 rings (SSSR count). The number of phenolic OH excluding ortho intramolecular Hbond substituents is 1. The number of thiophene rings is 1. The number of rotatable bonds is 3. The molecule has 2 N–H and O–H groups in total. The Labute approximate surface area is 101 Å². The van der Waals surface area contributed by atoms with Crippen LogP contribution in [0.25, 0.3) is 10.4 Å². The summed E-state index contributed by atoms with van der Waals surface area (Å²) in [5.74, 6) is -1.21. The smallest absolute Gasteiger partial charge is 0.335 e. The van der Waals surface area contributed by atoms with Gasteiger partial charge >= 0.3 is 5.97 Å². The second-order valence-electron chi connectivity index (χ2n) is 3.39. The summed E-state index contributed by atoms with van der Waals surface area (Å²) in [6.45, 7) is 0. The van der Waals surface area contributed by atoms with E-state index < -0.39 is 5.97 Å². The van der Waals surface area contributed by atoms with Crippen LogP contribution in [0.4, 0.5) is 0 Å². The van der Waals surface area contributed by atoms with Crippen molar-refractivity contribution in [2.45, 2.75) is 0 Å². The lowest BCUT2D eigenvalue weighted by molar-refractivity contribution is 0.0696. The largest absolute Gasteiger partial charge is 0.508 e. The van der Waals surface area contributed by atoms with E-state index >= 15 is 0 Å². The van der Waals surface area contributed by atoms with Crippen LogP contribution >= 0.6 is 11.3 Å². The standard InChI is InChI=1S/C12H8O4S/c13-6-10-1-2-11(17-10)7-3-8(12(15)16)5-9(14)4-7/h1-6,14H,(H,15,16). The molecule has 2 aromatic rings. The highest BCUT2D eigenvalue weighted by molar-refractivity contribution is 7.17. The molecule has 4 nitrogen and oxygen atoms in total. The molecule has 1 aromatic heterocycles. The van der Waals surface area contributed by atoms with E-state index in [0.717, 1.165) is 11.2 Å². The molecule has 0 saturated heterocycles. The van der Waals surface area contributed by atoms with Gasteiger partial charge in [-0.3, -0.25) is 4.79 Å². The van der Waals surface area contributed by atoms with Gasteiger partial charge in [0.2, 0.25) is 0 Å². The first-order chi connectivity index (χ1) is 8.10. The van der Waals surface area contributed by atoms with Crippen molar-refractivity contribution in [1.82, 2.24) is 0 Å². The summed E-state index contributed by atoms with van der Waals surface area (Å²) < 4.78 is 0. The summed E-state index contributed by atoms with van der Waals surface area (Å²) in [5, 5.41) is 18.3. The fourth-order valence-corrected chi connectivity index (χ4v) is 2.26. The number of phenols is 1.